The van der Waals surface area contributed by atoms with Crippen LogP contribution < -0.4 is 4.90 Å². The fraction of sp³-hybridized carbons (Fsp3) is 0.538. The molecule has 0 bridgehead atoms. The van der Waals surface area contributed by atoms with E-state index in [1.807, 2.05) is 0 Å². The average molecular weight is 466 g/mol. The third-order valence-electron chi connectivity index (χ3n) is 6.65. The molecule has 0 aliphatic carbocycles. The Balaban J connectivity index is 1.41. The molecule has 4 rings (SSSR count). The van der Waals surface area contributed by atoms with Gasteiger partial charge in [-0.05, 0) is 51.3 Å². The first-order chi connectivity index (χ1) is 16.0. The number of carbonyl (C=O) groups is 1. The molecule has 2 aromatic heterocycles. The van der Waals surface area contributed by atoms with E-state index in [0.29, 0.717) is 11.6 Å². The summed E-state index contributed by atoms with van der Waals surface area (Å²) in [7, 11) is 0. The van der Waals surface area contributed by atoms with Crippen molar-refractivity contribution in [2.24, 2.45) is 0 Å². The minimum absolute atomic E-state index is 0.0537. The highest BCUT2D eigenvalue weighted by molar-refractivity contribution is 7.18. The van der Waals surface area contributed by atoms with Crippen LogP contribution in [0, 0.1) is 6.92 Å². The lowest BCUT2D eigenvalue weighted by molar-refractivity contribution is 0.101. The monoisotopic (exact) mass is 465 g/mol. The van der Waals surface area contributed by atoms with Gasteiger partial charge in [-0.15, -0.1) is 11.3 Å². The minimum atomic E-state index is 0.0537. The molecule has 1 aromatic carbocycles. The first kappa shape index (κ1) is 23.8. The second kappa shape index (κ2) is 10.7. The van der Waals surface area contributed by atoms with E-state index in [-0.39, 0.29) is 5.78 Å². The Morgan fingerprint density at radius 3 is 2.64 bits per heavy atom. The Labute approximate surface area is 201 Å². The summed E-state index contributed by atoms with van der Waals surface area (Å²) in [5.74, 6) is 0.815. The van der Waals surface area contributed by atoms with Gasteiger partial charge < -0.3 is 4.90 Å². The molecule has 1 aliphatic heterocycles. The number of anilines is 1. The maximum absolute atomic E-state index is 12.1. The highest BCUT2D eigenvalue weighted by atomic mass is 32.1. The number of rotatable bonds is 9. The summed E-state index contributed by atoms with van der Waals surface area (Å²) in [4.78, 5) is 30.9. The van der Waals surface area contributed by atoms with Crippen molar-refractivity contribution in [3.8, 4) is 0 Å². The molecule has 1 saturated heterocycles. The van der Waals surface area contributed by atoms with Gasteiger partial charge in [0.05, 0.1) is 26.5 Å². The summed E-state index contributed by atoms with van der Waals surface area (Å²) in [6, 6.07) is 7.03. The Bertz CT molecular complexity index is 1100. The van der Waals surface area contributed by atoms with Crippen LogP contribution in [-0.2, 0) is 6.42 Å². The van der Waals surface area contributed by atoms with Gasteiger partial charge in [-0.25, -0.2) is 15.0 Å². The zero-order chi connectivity index (χ0) is 23.4. The average Bonchev–Trinajstić information content (AvgIpc) is 3.20. The van der Waals surface area contributed by atoms with Crippen molar-refractivity contribution >= 4 is 33.3 Å². The molecule has 1 fully saturated rings. The number of fused-ring (bicyclic) bond motifs is 1. The van der Waals surface area contributed by atoms with Crippen LogP contribution in [0.3, 0.4) is 0 Å². The molecule has 1 atom stereocenters. The molecule has 0 amide bonds. The number of thiazole rings is 1. The van der Waals surface area contributed by atoms with E-state index >= 15 is 0 Å². The number of ketones is 1. The van der Waals surface area contributed by atoms with Gasteiger partial charge in [0.25, 0.3) is 0 Å². The lowest BCUT2D eigenvalue weighted by Gasteiger charge is -2.38. The number of carbonyl (C=O) groups excluding carboxylic acids is 1. The van der Waals surface area contributed by atoms with Crippen molar-refractivity contribution in [3.63, 3.8) is 0 Å². The van der Waals surface area contributed by atoms with Crippen LogP contribution >= 0.6 is 11.3 Å². The van der Waals surface area contributed by atoms with Crippen LogP contribution in [0.25, 0.3) is 10.2 Å². The van der Waals surface area contributed by atoms with Gasteiger partial charge in [-0.2, -0.15) is 0 Å². The predicted molar refractivity (Wildman–Crippen MR) is 136 cm³/mol. The van der Waals surface area contributed by atoms with Crippen molar-refractivity contribution in [2.45, 2.75) is 65.8 Å². The lowest BCUT2D eigenvalue weighted by Crippen LogP contribution is -2.47. The van der Waals surface area contributed by atoms with Crippen LogP contribution in [0.4, 0.5) is 5.95 Å². The number of Topliss-reactive ketones (excluding diaryl/α,β-unsaturated/α-hetero) is 1. The largest absolute Gasteiger partial charge is 0.338 e. The van der Waals surface area contributed by atoms with E-state index in [1.165, 1.54) is 29.5 Å². The summed E-state index contributed by atoms with van der Waals surface area (Å²) in [6.07, 6.45) is 7.26. The number of piperazine rings is 1. The Morgan fingerprint density at radius 2 is 1.91 bits per heavy atom. The van der Waals surface area contributed by atoms with Crippen molar-refractivity contribution < 1.29 is 4.79 Å². The number of nitrogens with zero attached hydrogens (tertiary/aromatic N) is 5. The van der Waals surface area contributed by atoms with Crippen LogP contribution in [0.2, 0.25) is 0 Å². The highest BCUT2D eigenvalue weighted by Gasteiger charge is 2.24. The van der Waals surface area contributed by atoms with Gasteiger partial charge in [-0.1, -0.05) is 32.3 Å². The number of hydrogen-bond donors (Lipinski definition) is 0. The second-order valence-corrected chi connectivity index (χ2v) is 10.3. The molecule has 3 heterocycles. The van der Waals surface area contributed by atoms with Crippen LogP contribution in [0.15, 0.2) is 24.4 Å². The molecule has 0 N–H and O–H groups in total. The molecular weight excluding hydrogens is 430 g/mol. The third kappa shape index (κ3) is 5.58. The van der Waals surface area contributed by atoms with Gasteiger partial charge in [0.1, 0.15) is 0 Å². The third-order valence-corrected chi connectivity index (χ3v) is 7.60. The maximum atomic E-state index is 12.1. The molecule has 33 heavy (non-hydrogen) atoms. The number of aromatic nitrogens is 3. The van der Waals surface area contributed by atoms with Gasteiger partial charge in [0.2, 0.25) is 5.95 Å². The molecule has 1 aliphatic rings. The Morgan fingerprint density at radius 1 is 1.12 bits per heavy atom. The van der Waals surface area contributed by atoms with Crippen molar-refractivity contribution in [1.82, 2.24) is 19.9 Å². The van der Waals surface area contributed by atoms with Crippen LogP contribution in [0.5, 0.6) is 0 Å². The molecule has 0 saturated carbocycles. The summed E-state index contributed by atoms with van der Waals surface area (Å²) in [6.45, 7) is 11.9. The van der Waals surface area contributed by atoms with E-state index in [9.17, 15) is 4.79 Å². The van der Waals surface area contributed by atoms with Crippen LogP contribution in [0.1, 0.15) is 79.1 Å². The standard InChI is InChI=1S/C26H35N5OS/c1-5-6-7-8-9-23-22(19(3)32)17-27-26(29-23)31-14-12-30(13-15-31)18(2)21-10-11-25-24(16-21)28-20(4)33-25/h10-11,16-18H,5-9,12-15H2,1-4H3. The Hall–Kier alpha value is -2.38. The zero-order valence-corrected chi connectivity index (χ0v) is 21.1. The molecule has 0 radical (unpaired) electrons. The van der Waals surface area contributed by atoms with Crippen molar-refractivity contribution in [2.75, 3.05) is 31.1 Å². The first-order valence-corrected chi connectivity index (χ1v) is 13.0. The fourth-order valence-electron chi connectivity index (χ4n) is 4.60. The summed E-state index contributed by atoms with van der Waals surface area (Å²) in [5, 5.41) is 1.11. The first-order valence-electron chi connectivity index (χ1n) is 12.2. The van der Waals surface area contributed by atoms with Gasteiger partial charge in [0.15, 0.2) is 5.78 Å². The van der Waals surface area contributed by atoms with E-state index in [4.69, 9.17) is 4.98 Å². The second-order valence-electron chi connectivity index (χ2n) is 9.06. The van der Waals surface area contributed by atoms with Crippen LogP contribution in [-0.4, -0.2) is 51.8 Å². The quantitative estimate of drug-likeness (QED) is 0.303. The zero-order valence-electron chi connectivity index (χ0n) is 20.3. The van der Waals surface area contributed by atoms with Crippen molar-refractivity contribution in [3.05, 3.63) is 46.2 Å². The molecule has 7 heteroatoms. The number of hydrogen-bond acceptors (Lipinski definition) is 7. The summed E-state index contributed by atoms with van der Waals surface area (Å²) >= 11 is 1.75. The van der Waals surface area contributed by atoms with E-state index in [0.717, 1.165) is 61.2 Å². The van der Waals surface area contributed by atoms with E-state index in [2.05, 4.69) is 58.7 Å². The summed E-state index contributed by atoms with van der Waals surface area (Å²) < 4.78 is 1.25. The molecule has 0 spiro atoms. The predicted octanol–water partition coefficient (Wildman–Crippen LogP) is 5.60. The number of aryl methyl sites for hydroxylation is 2. The number of unbranched alkanes of at least 4 members (excludes halogenated alkanes) is 3. The molecular formula is C26H35N5OS. The highest BCUT2D eigenvalue weighted by Crippen LogP contribution is 2.28. The molecule has 1 unspecified atom stereocenters. The smallest absolute Gasteiger partial charge is 0.225 e. The van der Waals surface area contributed by atoms with Gasteiger partial charge in [-0.3, -0.25) is 9.69 Å². The molecule has 3 aromatic rings. The van der Waals surface area contributed by atoms with E-state index in [1.54, 1.807) is 24.5 Å². The van der Waals surface area contributed by atoms with Crippen molar-refractivity contribution in [1.29, 1.82) is 0 Å². The Kier molecular flexibility index (Phi) is 7.71. The lowest BCUT2D eigenvalue weighted by atomic mass is 10.1. The van der Waals surface area contributed by atoms with Gasteiger partial charge >= 0.3 is 0 Å². The SMILES string of the molecule is CCCCCCc1nc(N2CCN(C(C)c3ccc4sc(C)nc4c3)CC2)ncc1C(C)=O. The minimum Gasteiger partial charge on any atom is -0.338 e. The van der Waals surface area contributed by atoms with E-state index < -0.39 is 0 Å². The molecule has 176 valence electrons. The summed E-state index contributed by atoms with van der Waals surface area (Å²) in [5.41, 5.74) is 4.00. The fourth-order valence-corrected chi connectivity index (χ4v) is 5.41. The van der Waals surface area contributed by atoms with Gasteiger partial charge in [0, 0.05) is 38.4 Å². The maximum Gasteiger partial charge on any atom is 0.225 e. The topological polar surface area (TPSA) is 62.2 Å². The number of benzene rings is 1. The normalized spacial score (nSPS) is 15.8. The molecule has 6 nitrogen and oxygen atoms in total.